The lowest BCUT2D eigenvalue weighted by molar-refractivity contribution is 0.698. The summed E-state index contributed by atoms with van der Waals surface area (Å²) >= 11 is 1.70. The molecule has 2 heterocycles. The Morgan fingerprint density at radius 1 is 1.16 bits per heavy atom. The van der Waals surface area contributed by atoms with Crippen LogP contribution >= 0.6 is 11.3 Å². The molecule has 0 radical (unpaired) electrons. The molecule has 0 amide bonds. The Kier molecular flexibility index (Phi) is 3.53. The lowest BCUT2D eigenvalue weighted by Gasteiger charge is -2.07. The van der Waals surface area contributed by atoms with E-state index in [-0.39, 0.29) is 0 Å². The van der Waals surface area contributed by atoms with E-state index in [1.165, 1.54) is 21.2 Å². The van der Waals surface area contributed by atoms with Crippen LogP contribution in [0.25, 0.3) is 10.8 Å². The molecule has 0 aliphatic carbocycles. The van der Waals surface area contributed by atoms with Gasteiger partial charge in [0.25, 0.3) is 0 Å². The van der Waals surface area contributed by atoms with E-state index in [1.807, 2.05) is 30.9 Å². The fourth-order valence-electron chi connectivity index (χ4n) is 2.13. The molecule has 4 heteroatoms. The normalized spacial score (nSPS) is 11.0. The Balaban J connectivity index is 1.74. The molecule has 0 unspecified atom stereocenters. The van der Waals surface area contributed by atoms with E-state index in [0.717, 1.165) is 18.8 Å². The van der Waals surface area contributed by atoms with Crippen molar-refractivity contribution in [1.29, 1.82) is 0 Å². The molecule has 3 rings (SSSR count). The van der Waals surface area contributed by atoms with E-state index >= 15 is 0 Å². The lowest BCUT2D eigenvalue weighted by atomic mass is 10.1. The Labute approximate surface area is 116 Å². The van der Waals surface area contributed by atoms with Crippen molar-refractivity contribution in [3.8, 4) is 0 Å². The first-order chi connectivity index (χ1) is 9.34. The quantitative estimate of drug-likeness (QED) is 0.789. The van der Waals surface area contributed by atoms with Crippen LogP contribution < -0.4 is 5.32 Å². The molecular weight excluding hydrogens is 254 g/mol. The van der Waals surface area contributed by atoms with Gasteiger partial charge in [0.15, 0.2) is 0 Å². The number of nitrogens with one attached hydrogen (secondary N) is 1. The highest BCUT2D eigenvalue weighted by atomic mass is 32.1. The van der Waals surface area contributed by atoms with Crippen molar-refractivity contribution in [2.45, 2.75) is 20.0 Å². The van der Waals surface area contributed by atoms with Gasteiger partial charge in [-0.15, -0.1) is 11.3 Å². The van der Waals surface area contributed by atoms with Crippen LogP contribution in [0.4, 0.5) is 0 Å². The number of aromatic nitrogens is 2. The second-order valence-corrected chi connectivity index (χ2v) is 5.42. The van der Waals surface area contributed by atoms with Crippen LogP contribution in [-0.4, -0.2) is 9.97 Å². The van der Waals surface area contributed by atoms with Crippen molar-refractivity contribution in [1.82, 2.24) is 15.3 Å². The van der Waals surface area contributed by atoms with Crippen LogP contribution in [0.3, 0.4) is 0 Å². The van der Waals surface area contributed by atoms with Crippen molar-refractivity contribution in [2.24, 2.45) is 0 Å². The summed E-state index contributed by atoms with van der Waals surface area (Å²) in [6.07, 6.45) is 3.85. The number of thiazole rings is 1. The fourth-order valence-corrected chi connectivity index (χ4v) is 2.87. The van der Waals surface area contributed by atoms with Gasteiger partial charge >= 0.3 is 0 Å². The van der Waals surface area contributed by atoms with Crippen molar-refractivity contribution in [3.05, 3.63) is 58.3 Å². The third kappa shape index (κ3) is 2.64. The molecule has 1 N–H and O–H groups in total. The maximum absolute atomic E-state index is 4.30. The van der Waals surface area contributed by atoms with E-state index in [2.05, 4.69) is 33.5 Å². The first-order valence-electron chi connectivity index (χ1n) is 6.26. The number of hydrogen-bond donors (Lipinski definition) is 1. The molecule has 0 saturated heterocycles. The smallest absolute Gasteiger partial charge is 0.0798 e. The number of aryl methyl sites for hydroxylation is 1. The molecular formula is C15H15N3S. The third-order valence-corrected chi connectivity index (χ3v) is 4.13. The lowest BCUT2D eigenvalue weighted by Crippen LogP contribution is -2.13. The number of benzene rings is 1. The number of hydrogen-bond acceptors (Lipinski definition) is 4. The van der Waals surface area contributed by atoms with E-state index in [4.69, 9.17) is 0 Å². The summed E-state index contributed by atoms with van der Waals surface area (Å²) in [5.41, 5.74) is 4.25. The van der Waals surface area contributed by atoms with Gasteiger partial charge in [-0.25, -0.2) is 4.98 Å². The Hall–Kier alpha value is -1.78. The minimum Gasteiger partial charge on any atom is -0.308 e. The van der Waals surface area contributed by atoms with Crippen molar-refractivity contribution in [2.75, 3.05) is 0 Å². The van der Waals surface area contributed by atoms with Crippen LogP contribution in [0.5, 0.6) is 0 Å². The second kappa shape index (κ2) is 5.47. The molecule has 0 bridgehead atoms. The highest BCUT2D eigenvalue weighted by Crippen LogP contribution is 2.17. The molecule has 0 atom stereocenters. The molecule has 0 fully saturated rings. The maximum Gasteiger partial charge on any atom is 0.0798 e. The summed E-state index contributed by atoms with van der Waals surface area (Å²) in [5.74, 6) is 0. The maximum atomic E-state index is 4.30. The topological polar surface area (TPSA) is 37.8 Å². The summed E-state index contributed by atoms with van der Waals surface area (Å²) in [6, 6.07) is 8.35. The zero-order valence-corrected chi connectivity index (χ0v) is 11.6. The standard InChI is InChI=1S/C15H15N3S/c1-11-15(19-10-18-11)9-17-8-13-7-16-6-12-4-2-3-5-14(12)13/h2-7,10,17H,8-9H2,1H3. The van der Waals surface area contributed by atoms with Gasteiger partial charge < -0.3 is 5.32 Å². The predicted molar refractivity (Wildman–Crippen MR) is 79.1 cm³/mol. The van der Waals surface area contributed by atoms with Crippen LogP contribution in [0.15, 0.2) is 42.2 Å². The predicted octanol–water partition coefficient (Wildman–Crippen LogP) is 3.29. The monoisotopic (exact) mass is 269 g/mol. The largest absolute Gasteiger partial charge is 0.308 e. The van der Waals surface area contributed by atoms with Gasteiger partial charge in [-0.1, -0.05) is 24.3 Å². The molecule has 3 aromatic rings. The molecule has 3 nitrogen and oxygen atoms in total. The first-order valence-corrected chi connectivity index (χ1v) is 7.14. The number of rotatable bonds is 4. The fraction of sp³-hybridized carbons (Fsp3) is 0.200. The molecule has 0 spiro atoms. The zero-order valence-electron chi connectivity index (χ0n) is 10.8. The molecule has 19 heavy (non-hydrogen) atoms. The van der Waals surface area contributed by atoms with Crippen molar-refractivity contribution >= 4 is 22.1 Å². The Morgan fingerprint density at radius 2 is 2.05 bits per heavy atom. The third-order valence-electron chi connectivity index (χ3n) is 3.20. The molecule has 2 aromatic heterocycles. The van der Waals surface area contributed by atoms with E-state index in [0.29, 0.717) is 0 Å². The number of fused-ring (bicyclic) bond motifs is 1. The van der Waals surface area contributed by atoms with E-state index in [9.17, 15) is 0 Å². The minimum atomic E-state index is 0.825. The van der Waals surface area contributed by atoms with Gasteiger partial charge in [0.2, 0.25) is 0 Å². The van der Waals surface area contributed by atoms with Gasteiger partial charge in [-0.3, -0.25) is 4.98 Å². The van der Waals surface area contributed by atoms with Crippen LogP contribution in [0.1, 0.15) is 16.1 Å². The molecule has 0 saturated carbocycles. The number of nitrogens with zero attached hydrogens (tertiary/aromatic N) is 2. The van der Waals surface area contributed by atoms with Gasteiger partial charge in [0.05, 0.1) is 11.2 Å². The van der Waals surface area contributed by atoms with Crippen molar-refractivity contribution < 1.29 is 0 Å². The minimum absolute atomic E-state index is 0.825. The average Bonchev–Trinajstić information content (AvgIpc) is 2.85. The van der Waals surface area contributed by atoms with E-state index < -0.39 is 0 Å². The number of pyridine rings is 1. The SMILES string of the molecule is Cc1ncsc1CNCc1cncc2ccccc12. The summed E-state index contributed by atoms with van der Waals surface area (Å²) in [4.78, 5) is 9.85. The molecule has 0 aliphatic rings. The Bertz CT molecular complexity index is 685. The molecule has 96 valence electrons. The zero-order chi connectivity index (χ0) is 13.1. The summed E-state index contributed by atoms with van der Waals surface area (Å²) in [7, 11) is 0. The van der Waals surface area contributed by atoms with Gasteiger partial charge in [0, 0.05) is 35.7 Å². The van der Waals surface area contributed by atoms with E-state index in [1.54, 1.807) is 11.3 Å². The van der Waals surface area contributed by atoms with Crippen LogP contribution in [0, 0.1) is 6.92 Å². The average molecular weight is 269 g/mol. The molecule has 0 aliphatic heterocycles. The first kappa shape index (κ1) is 12.3. The summed E-state index contributed by atoms with van der Waals surface area (Å²) in [5, 5.41) is 5.93. The Morgan fingerprint density at radius 3 is 2.89 bits per heavy atom. The van der Waals surface area contributed by atoms with Crippen LogP contribution in [0.2, 0.25) is 0 Å². The highest BCUT2D eigenvalue weighted by molar-refractivity contribution is 7.09. The summed E-state index contributed by atoms with van der Waals surface area (Å²) < 4.78 is 0. The summed E-state index contributed by atoms with van der Waals surface area (Å²) in [6.45, 7) is 3.73. The van der Waals surface area contributed by atoms with Crippen LogP contribution in [-0.2, 0) is 13.1 Å². The second-order valence-electron chi connectivity index (χ2n) is 4.48. The molecule has 1 aromatic carbocycles. The van der Waals surface area contributed by atoms with Gasteiger partial charge in [-0.05, 0) is 17.9 Å². The van der Waals surface area contributed by atoms with Gasteiger partial charge in [-0.2, -0.15) is 0 Å². The van der Waals surface area contributed by atoms with Crippen molar-refractivity contribution in [3.63, 3.8) is 0 Å². The van der Waals surface area contributed by atoms with Gasteiger partial charge in [0.1, 0.15) is 0 Å². The highest BCUT2D eigenvalue weighted by Gasteiger charge is 2.03.